The zero-order valence-electron chi connectivity index (χ0n) is 13.9. The van der Waals surface area contributed by atoms with Gasteiger partial charge in [0.2, 0.25) is 0 Å². The topological polar surface area (TPSA) is 89.5 Å². The van der Waals surface area contributed by atoms with Crippen molar-refractivity contribution in [3.05, 3.63) is 76.9 Å². The largest absolute Gasteiger partial charge is 0.452 e. The Kier molecular flexibility index (Phi) is 4.75. The highest BCUT2D eigenvalue weighted by atomic mass is 16.5. The number of fused-ring (bicyclic) bond motifs is 2. The van der Waals surface area contributed by atoms with Crippen LogP contribution in [0.15, 0.2) is 54.6 Å². The lowest BCUT2D eigenvalue weighted by molar-refractivity contribution is -0.142. The van der Waals surface area contributed by atoms with E-state index in [-0.39, 0.29) is 17.1 Å². The minimum atomic E-state index is -0.620. The van der Waals surface area contributed by atoms with Crippen molar-refractivity contribution in [3.8, 4) is 0 Å². The van der Waals surface area contributed by atoms with Gasteiger partial charge in [0, 0.05) is 34.0 Å². The van der Waals surface area contributed by atoms with E-state index >= 15 is 0 Å². The van der Waals surface area contributed by atoms with E-state index in [9.17, 15) is 19.2 Å². The van der Waals surface area contributed by atoms with Crippen molar-refractivity contribution in [2.45, 2.75) is 6.92 Å². The van der Waals surface area contributed by atoms with E-state index in [1.54, 1.807) is 31.2 Å². The molecule has 0 fully saturated rings. The molecule has 0 aromatic heterocycles. The molecule has 0 saturated heterocycles. The summed E-state index contributed by atoms with van der Waals surface area (Å²) in [4.78, 5) is 48.2. The SMILES string of the molecule is C/C=C/C(=O)OCC(=O)Nc1ccc2c(c1)C(=O)c1ccccc1C2=O. The lowest BCUT2D eigenvalue weighted by atomic mass is 9.84. The van der Waals surface area contributed by atoms with Gasteiger partial charge in [-0.2, -0.15) is 0 Å². The fraction of sp³-hybridized carbons (Fsp3) is 0.100. The van der Waals surface area contributed by atoms with Crippen LogP contribution in [0.2, 0.25) is 0 Å². The molecule has 6 nitrogen and oxygen atoms in total. The van der Waals surface area contributed by atoms with Gasteiger partial charge in [-0.3, -0.25) is 14.4 Å². The van der Waals surface area contributed by atoms with Gasteiger partial charge in [-0.1, -0.05) is 30.3 Å². The van der Waals surface area contributed by atoms with E-state index in [1.807, 2.05) is 0 Å². The second-order valence-corrected chi connectivity index (χ2v) is 5.62. The number of hydrogen-bond donors (Lipinski definition) is 1. The lowest BCUT2D eigenvalue weighted by Gasteiger charge is -2.18. The van der Waals surface area contributed by atoms with Crippen LogP contribution in [0.5, 0.6) is 0 Å². The number of ketones is 2. The van der Waals surface area contributed by atoms with Gasteiger partial charge in [0.1, 0.15) is 0 Å². The Balaban J connectivity index is 1.79. The van der Waals surface area contributed by atoms with Crippen molar-refractivity contribution < 1.29 is 23.9 Å². The van der Waals surface area contributed by atoms with Gasteiger partial charge in [0.05, 0.1) is 0 Å². The van der Waals surface area contributed by atoms with E-state index in [0.29, 0.717) is 22.4 Å². The number of allylic oxidation sites excluding steroid dienone is 1. The summed E-state index contributed by atoms with van der Waals surface area (Å²) in [6.07, 6.45) is 2.71. The monoisotopic (exact) mass is 349 g/mol. The Morgan fingerprint density at radius 2 is 1.58 bits per heavy atom. The average Bonchev–Trinajstić information content (AvgIpc) is 2.65. The van der Waals surface area contributed by atoms with Crippen molar-refractivity contribution in [1.29, 1.82) is 0 Å². The first kappa shape index (κ1) is 17.3. The van der Waals surface area contributed by atoms with Gasteiger partial charge in [-0.15, -0.1) is 0 Å². The van der Waals surface area contributed by atoms with Gasteiger partial charge < -0.3 is 10.1 Å². The predicted octanol–water partition coefficient (Wildman–Crippen LogP) is 2.52. The molecule has 1 N–H and O–H groups in total. The summed E-state index contributed by atoms with van der Waals surface area (Å²) in [5, 5.41) is 2.55. The minimum absolute atomic E-state index is 0.228. The first-order valence-corrected chi connectivity index (χ1v) is 7.93. The fourth-order valence-corrected chi connectivity index (χ4v) is 2.70. The first-order chi connectivity index (χ1) is 12.5. The summed E-state index contributed by atoms with van der Waals surface area (Å²) in [5.41, 5.74) is 1.59. The predicted molar refractivity (Wildman–Crippen MR) is 94.2 cm³/mol. The van der Waals surface area contributed by atoms with Crippen LogP contribution in [0, 0.1) is 0 Å². The van der Waals surface area contributed by atoms with Gasteiger partial charge in [-0.05, 0) is 25.1 Å². The van der Waals surface area contributed by atoms with E-state index in [2.05, 4.69) is 5.32 Å². The molecular weight excluding hydrogens is 334 g/mol. The van der Waals surface area contributed by atoms with Gasteiger partial charge in [-0.25, -0.2) is 4.79 Å². The van der Waals surface area contributed by atoms with Crippen molar-refractivity contribution >= 4 is 29.1 Å². The molecule has 26 heavy (non-hydrogen) atoms. The third-order valence-electron chi connectivity index (χ3n) is 3.86. The molecule has 130 valence electrons. The van der Waals surface area contributed by atoms with E-state index < -0.39 is 18.5 Å². The van der Waals surface area contributed by atoms with Crippen LogP contribution >= 0.6 is 0 Å². The summed E-state index contributed by atoms with van der Waals surface area (Å²) in [5.74, 6) is -1.66. The zero-order chi connectivity index (χ0) is 18.7. The number of carbonyl (C=O) groups is 4. The minimum Gasteiger partial charge on any atom is -0.452 e. The number of anilines is 1. The van der Waals surface area contributed by atoms with Crippen LogP contribution < -0.4 is 5.32 Å². The maximum atomic E-state index is 12.6. The Hall–Kier alpha value is -3.54. The van der Waals surface area contributed by atoms with Crippen molar-refractivity contribution in [3.63, 3.8) is 0 Å². The fourth-order valence-electron chi connectivity index (χ4n) is 2.70. The maximum Gasteiger partial charge on any atom is 0.330 e. The molecule has 1 aliphatic carbocycles. The first-order valence-electron chi connectivity index (χ1n) is 7.93. The number of ether oxygens (including phenoxy) is 1. The number of benzene rings is 2. The maximum absolute atomic E-state index is 12.6. The highest BCUT2D eigenvalue weighted by molar-refractivity contribution is 6.28. The van der Waals surface area contributed by atoms with Crippen LogP contribution in [0.1, 0.15) is 38.8 Å². The molecule has 0 atom stereocenters. The smallest absolute Gasteiger partial charge is 0.330 e. The van der Waals surface area contributed by atoms with E-state index in [1.165, 1.54) is 30.4 Å². The summed E-state index contributed by atoms with van der Waals surface area (Å²) < 4.78 is 4.75. The lowest BCUT2D eigenvalue weighted by Crippen LogP contribution is -2.23. The highest BCUT2D eigenvalue weighted by Gasteiger charge is 2.29. The number of carbonyl (C=O) groups excluding carboxylic acids is 4. The summed E-state index contributed by atoms with van der Waals surface area (Å²) in [6.45, 7) is 1.21. The molecule has 6 heteroatoms. The van der Waals surface area contributed by atoms with Gasteiger partial charge in [0.25, 0.3) is 5.91 Å². The normalized spacial score (nSPS) is 12.5. The third-order valence-corrected chi connectivity index (χ3v) is 3.86. The van der Waals surface area contributed by atoms with E-state index in [0.717, 1.165) is 0 Å². The number of rotatable bonds is 4. The quantitative estimate of drug-likeness (QED) is 0.577. The number of nitrogens with one attached hydrogen (secondary N) is 1. The number of hydrogen-bond acceptors (Lipinski definition) is 5. The van der Waals surface area contributed by atoms with Crippen LogP contribution in [-0.4, -0.2) is 30.0 Å². The Morgan fingerprint density at radius 3 is 2.23 bits per heavy atom. The molecule has 2 aromatic carbocycles. The van der Waals surface area contributed by atoms with Crippen molar-refractivity contribution in [2.24, 2.45) is 0 Å². The highest BCUT2D eigenvalue weighted by Crippen LogP contribution is 2.29. The second-order valence-electron chi connectivity index (χ2n) is 5.62. The molecule has 0 bridgehead atoms. The Morgan fingerprint density at radius 1 is 0.962 bits per heavy atom. The third kappa shape index (κ3) is 3.30. The van der Waals surface area contributed by atoms with Crippen LogP contribution in [0.3, 0.4) is 0 Å². The number of amides is 1. The van der Waals surface area contributed by atoms with Crippen LogP contribution in [0.25, 0.3) is 0 Å². The molecule has 2 aromatic rings. The van der Waals surface area contributed by atoms with Gasteiger partial charge >= 0.3 is 5.97 Å². The van der Waals surface area contributed by atoms with E-state index in [4.69, 9.17) is 4.74 Å². The zero-order valence-corrected chi connectivity index (χ0v) is 13.9. The summed E-state index contributed by atoms with van der Waals surface area (Å²) in [7, 11) is 0. The van der Waals surface area contributed by atoms with Gasteiger partial charge in [0.15, 0.2) is 18.2 Å². The molecule has 0 spiro atoms. The molecule has 3 rings (SSSR count). The summed E-state index contributed by atoms with van der Waals surface area (Å²) in [6, 6.07) is 11.1. The summed E-state index contributed by atoms with van der Waals surface area (Å²) >= 11 is 0. The average molecular weight is 349 g/mol. The molecule has 0 heterocycles. The Bertz CT molecular complexity index is 958. The molecule has 0 radical (unpaired) electrons. The van der Waals surface area contributed by atoms with Crippen LogP contribution in [0.4, 0.5) is 5.69 Å². The molecule has 0 saturated carbocycles. The second kappa shape index (κ2) is 7.14. The standard InChI is InChI=1S/C20H15NO5/c1-2-5-18(23)26-11-17(22)21-12-8-9-15-16(10-12)20(25)14-7-4-3-6-13(14)19(15)24/h2-10H,11H2,1H3,(H,21,22)/b5-2+. The number of esters is 1. The van der Waals surface area contributed by atoms with Crippen LogP contribution in [-0.2, 0) is 14.3 Å². The molecule has 1 aliphatic rings. The van der Waals surface area contributed by atoms with Crippen molar-refractivity contribution in [1.82, 2.24) is 0 Å². The molecular formula is C20H15NO5. The molecule has 0 unspecified atom stereocenters. The van der Waals surface area contributed by atoms with Crippen molar-refractivity contribution in [2.75, 3.05) is 11.9 Å². The molecule has 0 aliphatic heterocycles. The Labute approximate surface area is 149 Å². The molecule has 1 amide bonds.